The van der Waals surface area contributed by atoms with Crippen LogP contribution < -0.4 is 0 Å². The average Bonchev–Trinajstić information content (AvgIpc) is 2.25. The lowest BCUT2D eigenvalue weighted by molar-refractivity contribution is -0.129. The number of hydrazone groups is 1. The smallest absolute Gasteiger partial charge is 0.239 e. The standard InChI is InChI=1S/C11H14N2O2/c1-10(15)13(7-8-14)12-9-11-5-3-2-4-6-11/h2-6,9,14H,7-8H2,1H3/b12-9+. The van der Waals surface area contributed by atoms with Crippen LogP contribution in [0.3, 0.4) is 0 Å². The number of hydrogen-bond acceptors (Lipinski definition) is 3. The maximum absolute atomic E-state index is 11.1. The molecule has 0 aliphatic carbocycles. The molecule has 4 nitrogen and oxygen atoms in total. The molecule has 1 N–H and O–H groups in total. The molecule has 80 valence electrons. The van der Waals surface area contributed by atoms with Crippen LogP contribution in [0.2, 0.25) is 0 Å². The molecular weight excluding hydrogens is 192 g/mol. The van der Waals surface area contributed by atoms with Crippen molar-refractivity contribution in [3.05, 3.63) is 35.9 Å². The lowest BCUT2D eigenvalue weighted by Crippen LogP contribution is -2.26. The fraction of sp³-hybridized carbons (Fsp3) is 0.273. The third-order valence-corrected chi connectivity index (χ3v) is 1.82. The monoisotopic (exact) mass is 206 g/mol. The van der Waals surface area contributed by atoms with Gasteiger partial charge in [0.2, 0.25) is 5.91 Å². The van der Waals surface area contributed by atoms with Crippen LogP contribution in [-0.2, 0) is 4.79 Å². The first-order chi connectivity index (χ1) is 7.24. The van der Waals surface area contributed by atoms with Gasteiger partial charge in [-0.25, -0.2) is 5.01 Å². The highest BCUT2D eigenvalue weighted by Crippen LogP contribution is 1.96. The molecule has 0 heterocycles. The highest BCUT2D eigenvalue weighted by atomic mass is 16.3. The molecule has 0 saturated heterocycles. The highest BCUT2D eigenvalue weighted by molar-refractivity contribution is 5.81. The molecule has 0 radical (unpaired) electrons. The summed E-state index contributed by atoms with van der Waals surface area (Å²) in [6.07, 6.45) is 1.59. The van der Waals surface area contributed by atoms with Crippen LogP contribution in [0, 0.1) is 0 Å². The second kappa shape index (κ2) is 5.93. The summed E-state index contributed by atoms with van der Waals surface area (Å²) in [5.74, 6) is -0.184. The molecule has 0 aromatic heterocycles. The Kier molecular flexibility index (Phi) is 4.50. The number of aliphatic hydroxyl groups excluding tert-OH is 1. The van der Waals surface area contributed by atoms with Gasteiger partial charge in [0.1, 0.15) is 0 Å². The zero-order valence-corrected chi connectivity index (χ0v) is 8.63. The number of hydrogen-bond donors (Lipinski definition) is 1. The van der Waals surface area contributed by atoms with E-state index in [2.05, 4.69) is 5.10 Å². The number of amides is 1. The van der Waals surface area contributed by atoms with Crippen LogP contribution >= 0.6 is 0 Å². The maximum Gasteiger partial charge on any atom is 0.239 e. The van der Waals surface area contributed by atoms with Gasteiger partial charge in [-0.05, 0) is 5.56 Å². The molecule has 0 fully saturated rings. The first-order valence-electron chi connectivity index (χ1n) is 4.72. The van der Waals surface area contributed by atoms with Crippen LogP contribution in [0.25, 0.3) is 0 Å². The van der Waals surface area contributed by atoms with Gasteiger partial charge in [0.05, 0.1) is 19.4 Å². The SMILES string of the molecule is CC(=O)N(CCO)/N=C/c1ccccc1. The van der Waals surface area contributed by atoms with Gasteiger partial charge < -0.3 is 5.11 Å². The summed E-state index contributed by atoms with van der Waals surface area (Å²) in [7, 11) is 0. The summed E-state index contributed by atoms with van der Waals surface area (Å²) in [5.41, 5.74) is 0.918. The molecule has 0 aliphatic heterocycles. The van der Waals surface area contributed by atoms with Crippen molar-refractivity contribution in [3.8, 4) is 0 Å². The van der Waals surface area contributed by atoms with Crippen LogP contribution in [0.15, 0.2) is 35.4 Å². The van der Waals surface area contributed by atoms with E-state index in [1.54, 1.807) is 6.21 Å². The fourth-order valence-corrected chi connectivity index (χ4v) is 1.07. The lowest BCUT2D eigenvalue weighted by Gasteiger charge is -2.12. The number of carbonyl (C=O) groups excluding carboxylic acids is 1. The van der Waals surface area contributed by atoms with Crippen molar-refractivity contribution >= 4 is 12.1 Å². The Morgan fingerprint density at radius 2 is 2.13 bits per heavy atom. The van der Waals surface area contributed by atoms with E-state index in [1.807, 2.05) is 30.3 Å². The number of benzene rings is 1. The molecule has 1 aromatic carbocycles. The molecule has 0 saturated carbocycles. The second-order valence-corrected chi connectivity index (χ2v) is 3.02. The van der Waals surface area contributed by atoms with Gasteiger partial charge in [0.15, 0.2) is 0 Å². The van der Waals surface area contributed by atoms with Crippen molar-refractivity contribution in [2.24, 2.45) is 5.10 Å². The van der Waals surface area contributed by atoms with E-state index < -0.39 is 0 Å². The molecule has 0 aliphatic rings. The third kappa shape index (κ3) is 3.91. The van der Waals surface area contributed by atoms with E-state index in [9.17, 15) is 4.79 Å². The second-order valence-electron chi connectivity index (χ2n) is 3.02. The van der Waals surface area contributed by atoms with Crippen LogP contribution in [-0.4, -0.2) is 35.4 Å². The van der Waals surface area contributed by atoms with E-state index >= 15 is 0 Å². The Morgan fingerprint density at radius 3 is 2.67 bits per heavy atom. The molecule has 0 bridgehead atoms. The maximum atomic E-state index is 11.1. The first kappa shape index (κ1) is 11.4. The predicted octanol–water partition coefficient (Wildman–Crippen LogP) is 0.861. The van der Waals surface area contributed by atoms with Gasteiger partial charge in [0, 0.05) is 6.92 Å². The van der Waals surface area contributed by atoms with E-state index in [4.69, 9.17) is 5.11 Å². The molecule has 0 spiro atoms. The minimum Gasteiger partial charge on any atom is -0.394 e. The van der Waals surface area contributed by atoms with Gasteiger partial charge in [-0.3, -0.25) is 4.79 Å². The van der Waals surface area contributed by atoms with Crippen LogP contribution in [0.1, 0.15) is 12.5 Å². The van der Waals surface area contributed by atoms with E-state index in [0.717, 1.165) is 5.56 Å². The summed E-state index contributed by atoms with van der Waals surface area (Å²) in [5, 5.41) is 13.9. The highest BCUT2D eigenvalue weighted by Gasteiger charge is 2.03. The largest absolute Gasteiger partial charge is 0.394 e. The number of carbonyl (C=O) groups is 1. The molecule has 4 heteroatoms. The molecular formula is C11H14N2O2. The fourth-order valence-electron chi connectivity index (χ4n) is 1.07. The van der Waals surface area contributed by atoms with Gasteiger partial charge in [-0.2, -0.15) is 5.10 Å². The van der Waals surface area contributed by atoms with Gasteiger partial charge in [0.25, 0.3) is 0 Å². The molecule has 1 rings (SSSR count). The predicted molar refractivity (Wildman–Crippen MR) is 58.5 cm³/mol. The van der Waals surface area contributed by atoms with E-state index in [1.165, 1.54) is 11.9 Å². The van der Waals surface area contributed by atoms with Crippen LogP contribution in [0.4, 0.5) is 0 Å². The molecule has 1 aromatic rings. The summed E-state index contributed by atoms with van der Waals surface area (Å²) in [6.45, 7) is 1.54. The first-order valence-corrected chi connectivity index (χ1v) is 4.72. The van der Waals surface area contributed by atoms with Crippen molar-refractivity contribution < 1.29 is 9.90 Å². The van der Waals surface area contributed by atoms with Crippen molar-refractivity contribution in [1.82, 2.24) is 5.01 Å². The minimum absolute atomic E-state index is 0.0916. The Hall–Kier alpha value is -1.68. The lowest BCUT2D eigenvalue weighted by atomic mass is 10.2. The summed E-state index contributed by atoms with van der Waals surface area (Å²) in [4.78, 5) is 11.1. The van der Waals surface area contributed by atoms with Gasteiger partial charge in [-0.1, -0.05) is 30.3 Å². The molecule has 15 heavy (non-hydrogen) atoms. The quantitative estimate of drug-likeness (QED) is 0.587. The molecule has 1 amide bonds. The van der Waals surface area contributed by atoms with Crippen molar-refractivity contribution in [3.63, 3.8) is 0 Å². The van der Waals surface area contributed by atoms with Crippen LogP contribution in [0.5, 0.6) is 0 Å². The molecule has 0 unspecified atom stereocenters. The third-order valence-electron chi connectivity index (χ3n) is 1.82. The zero-order chi connectivity index (χ0) is 11.1. The average molecular weight is 206 g/mol. The van der Waals surface area contributed by atoms with Crippen molar-refractivity contribution in [1.29, 1.82) is 0 Å². The van der Waals surface area contributed by atoms with Crippen molar-refractivity contribution in [2.45, 2.75) is 6.92 Å². The van der Waals surface area contributed by atoms with Gasteiger partial charge >= 0.3 is 0 Å². The summed E-state index contributed by atoms with van der Waals surface area (Å²) >= 11 is 0. The Bertz CT molecular complexity index is 336. The van der Waals surface area contributed by atoms with E-state index in [0.29, 0.717) is 0 Å². The number of rotatable bonds is 4. The number of aliphatic hydroxyl groups is 1. The topological polar surface area (TPSA) is 52.9 Å². The Labute approximate surface area is 88.8 Å². The zero-order valence-electron chi connectivity index (χ0n) is 8.63. The summed E-state index contributed by atoms with van der Waals surface area (Å²) < 4.78 is 0. The van der Waals surface area contributed by atoms with Crippen molar-refractivity contribution in [2.75, 3.05) is 13.2 Å². The normalized spacial score (nSPS) is 10.5. The van der Waals surface area contributed by atoms with E-state index in [-0.39, 0.29) is 19.1 Å². The Morgan fingerprint density at radius 1 is 1.47 bits per heavy atom. The van der Waals surface area contributed by atoms with Gasteiger partial charge in [-0.15, -0.1) is 0 Å². The Balaban J connectivity index is 2.65. The minimum atomic E-state index is -0.184. The summed E-state index contributed by atoms with van der Waals surface area (Å²) in [6, 6.07) is 9.48. The number of nitrogens with zero attached hydrogens (tertiary/aromatic N) is 2. The molecule has 0 atom stereocenters.